The van der Waals surface area contributed by atoms with Crippen LogP contribution in [0.4, 0.5) is 10.1 Å². The number of benzene rings is 1. The van der Waals surface area contributed by atoms with Gasteiger partial charge in [-0.25, -0.2) is 9.07 Å². The zero-order valence-corrected chi connectivity index (χ0v) is 13.9. The summed E-state index contributed by atoms with van der Waals surface area (Å²) in [4.78, 5) is 12.2. The first-order chi connectivity index (χ1) is 11.5. The first-order valence-corrected chi connectivity index (χ1v) is 7.97. The van der Waals surface area contributed by atoms with E-state index in [1.54, 1.807) is 16.8 Å². The minimum atomic E-state index is -0.495. The highest BCUT2D eigenvalue weighted by atomic mass is 19.1. The van der Waals surface area contributed by atoms with E-state index in [4.69, 9.17) is 4.74 Å². The van der Waals surface area contributed by atoms with Crippen LogP contribution >= 0.6 is 0 Å². The Morgan fingerprint density at radius 2 is 2.25 bits per heavy atom. The number of ether oxygens (including phenoxy) is 1. The number of aromatic nitrogens is 4. The van der Waals surface area contributed by atoms with Crippen LogP contribution in [0.1, 0.15) is 33.2 Å². The number of hydrogen-bond donors (Lipinski definition) is 1. The smallest absolute Gasteiger partial charge is 0.253 e. The molecule has 2 aromatic rings. The van der Waals surface area contributed by atoms with Crippen LogP contribution in [0.15, 0.2) is 18.2 Å². The molecule has 1 fully saturated rings. The number of anilines is 1. The van der Waals surface area contributed by atoms with E-state index in [1.807, 2.05) is 20.8 Å². The fourth-order valence-corrected chi connectivity index (χ4v) is 2.74. The molecule has 1 aromatic carbocycles. The highest BCUT2D eigenvalue weighted by Crippen LogP contribution is 2.26. The van der Waals surface area contributed by atoms with Gasteiger partial charge in [-0.15, -0.1) is 5.10 Å². The summed E-state index contributed by atoms with van der Waals surface area (Å²) >= 11 is 0. The molecule has 3 rings (SSSR count). The van der Waals surface area contributed by atoms with Gasteiger partial charge in [0, 0.05) is 12.3 Å². The summed E-state index contributed by atoms with van der Waals surface area (Å²) in [6.07, 6.45) is 0.365. The topological polar surface area (TPSA) is 81.9 Å². The number of tetrazole rings is 1. The first kappa shape index (κ1) is 16.5. The summed E-state index contributed by atoms with van der Waals surface area (Å²) in [5.41, 5.74) is 0.671. The molecule has 2 heterocycles. The number of amides is 1. The number of carbonyl (C=O) groups excluding carboxylic acids is 1. The second kappa shape index (κ2) is 6.64. The number of rotatable bonds is 4. The maximum Gasteiger partial charge on any atom is 0.253 e. The predicted octanol–water partition coefficient (Wildman–Crippen LogP) is 2.42. The van der Waals surface area contributed by atoms with Gasteiger partial charge in [-0.1, -0.05) is 6.92 Å². The highest BCUT2D eigenvalue weighted by Gasteiger charge is 2.31. The maximum atomic E-state index is 14.5. The Hall–Kier alpha value is -2.35. The molecule has 2 unspecified atom stereocenters. The first-order valence-electron chi connectivity index (χ1n) is 7.97. The maximum absolute atomic E-state index is 14.5. The van der Waals surface area contributed by atoms with Crippen molar-refractivity contribution < 1.29 is 13.9 Å². The normalized spacial score (nSPS) is 20.5. The molecular formula is C16H20FN5O2. The van der Waals surface area contributed by atoms with Gasteiger partial charge in [0.1, 0.15) is 11.9 Å². The van der Waals surface area contributed by atoms with Crippen molar-refractivity contribution >= 4 is 11.6 Å². The van der Waals surface area contributed by atoms with Gasteiger partial charge in [0.05, 0.1) is 11.6 Å². The molecule has 8 heteroatoms. The third-order valence-electron chi connectivity index (χ3n) is 4.11. The molecule has 7 nitrogen and oxygen atoms in total. The number of hydrogen-bond acceptors (Lipinski definition) is 5. The third kappa shape index (κ3) is 3.14. The fraction of sp³-hybridized carbons (Fsp3) is 0.500. The van der Waals surface area contributed by atoms with Gasteiger partial charge in [0.2, 0.25) is 0 Å². The molecule has 1 amide bonds. The molecule has 1 aliphatic heterocycles. The average molecular weight is 333 g/mol. The number of carbonyl (C=O) groups is 1. The van der Waals surface area contributed by atoms with Gasteiger partial charge in [0.25, 0.3) is 5.91 Å². The summed E-state index contributed by atoms with van der Waals surface area (Å²) in [5.74, 6) is -0.234. The Morgan fingerprint density at radius 1 is 1.46 bits per heavy atom. The van der Waals surface area contributed by atoms with Crippen molar-refractivity contribution in [3.05, 3.63) is 24.0 Å². The monoisotopic (exact) mass is 333 g/mol. The minimum absolute atomic E-state index is 0.00906. The summed E-state index contributed by atoms with van der Waals surface area (Å²) < 4.78 is 21.4. The molecule has 0 radical (unpaired) electrons. The van der Waals surface area contributed by atoms with Crippen molar-refractivity contribution in [3.8, 4) is 11.4 Å². The Balaban J connectivity index is 1.80. The number of nitrogens with zero attached hydrogens (tertiary/aromatic N) is 4. The highest BCUT2D eigenvalue weighted by molar-refractivity contribution is 5.94. The van der Waals surface area contributed by atoms with Crippen LogP contribution in [0.5, 0.6) is 0 Å². The van der Waals surface area contributed by atoms with Gasteiger partial charge in [-0.2, -0.15) is 0 Å². The SMILES string of the molecule is CC1CCOC1C(=O)Nc1ccc(-c2nnnn2C(C)C)c(F)c1. The van der Waals surface area contributed by atoms with Crippen LogP contribution in [-0.2, 0) is 9.53 Å². The lowest BCUT2D eigenvalue weighted by atomic mass is 10.0. The van der Waals surface area contributed by atoms with E-state index < -0.39 is 11.9 Å². The van der Waals surface area contributed by atoms with Crippen LogP contribution in [0.2, 0.25) is 0 Å². The lowest BCUT2D eigenvalue weighted by molar-refractivity contribution is -0.126. The second-order valence-corrected chi connectivity index (χ2v) is 6.28. The van der Waals surface area contributed by atoms with Crippen molar-refractivity contribution in [2.45, 2.75) is 39.3 Å². The molecule has 0 bridgehead atoms. The van der Waals surface area contributed by atoms with E-state index in [1.165, 1.54) is 6.07 Å². The van der Waals surface area contributed by atoms with Crippen LogP contribution in [0.25, 0.3) is 11.4 Å². The molecule has 128 valence electrons. The van der Waals surface area contributed by atoms with Crippen LogP contribution in [-0.4, -0.2) is 38.8 Å². The molecular weight excluding hydrogens is 313 g/mol. The van der Waals surface area contributed by atoms with E-state index in [9.17, 15) is 9.18 Å². The Labute approximate surface area is 139 Å². The van der Waals surface area contributed by atoms with Crippen molar-refractivity contribution in [3.63, 3.8) is 0 Å². The average Bonchev–Trinajstić information content (AvgIpc) is 3.16. The van der Waals surface area contributed by atoms with E-state index in [0.29, 0.717) is 18.1 Å². The fourth-order valence-electron chi connectivity index (χ4n) is 2.74. The van der Waals surface area contributed by atoms with Crippen LogP contribution in [0.3, 0.4) is 0 Å². The third-order valence-corrected chi connectivity index (χ3v) is 4.11. The van der Waals surface area contributed by atoms with Gasteiger partial charge >= 0.3 is 0 Å². The van der Waals surface area contributed by atoms with E-state index in [2.05, 4.69) is 20.8 Å². The Morgan fingerprint density at radius 3 is 2.88 bits per heavy atom. The molecule has 0 spiro atoms. The lowest BCUT2D eigenvalue weighted by Crippen LogP contribution is -2.31. The predicted molar refractivity (Wildman–Crippen MR) is 85.7 cm³/mol. The number of halogens is 1. The molecule has 1 aliphatic rings. The summed E-state index contributed by atoms with van der Waals surface area (Å²) in [6.45, 7) is 6.36. The molecule has 1 aromatic heterocycles. The van der Waals surface area contributed by atoms with E-state index >= 15 is 0 Å². The van der Waals surface area contributed by atoms with Crippen LogP contribution in [0, 0.1) is 11.7 Å². The van der Waals surface area contributed by atoms with Crippen molar-refractivity contribution in [2.75, 3.05) is 11.9 Å². The van der Waals surface area contributed by atoms with Crippen LogP contribution < -0.4 is 5.32 Å². The minimum Gasteiger partial charge on any atom is -0.368 e. The van der Waals surface area contributed by atoms with Gasteiger partial charge < -0.3 is 10.1 Å². The molecule has 0 saturated carbocycles. The Bertz CT molecular complexity index is 746. The van der Waals surface area contributed by atoms with E-state index in [-0.39, 0.29) is 23.4 Å². The summed E-state index contributed by atoms with van der Waals surface area (Å²) in [5, 5.41) is 14.1. The molecule has 2 atom stereocenters. The summed E-state index contributed by atoms with van der Waals surface area (Å²) in [7, 11) is 0. The zero-order valence-electron chi connectivity index (χ0n) is 13.9. The Kier molecular flexibility index (Phi) is 4.57. The molecule has 1 N–H and O–H groups in total. The quantitative estimate of drug-likeness (QED) is 0.929. The zero-order chi connectivity index (χ0) is 17.3. The molecule has 0 aliphatic carbocycles. The van der Waals surface area contributed by atoms with Crippen molar-refractivity contribution in [2.24, 2.45) is 5.92 Å². The molecule has 24 heavy (non-hydrogen) atoms. The standard InChI is InChI=1S/C16H20FN5O2/c1-9(2)22-15(19-20-21-22)12-5-4-11(8-13(12)17)18-16(23)14-10(3)6-7-24-14/h4-5,8-10,14H,6-7H2,1-3H3,(H,18,23). The van der Waals surface area contributed by atoms with Crippen molar-refractivity contribution in [1.29, 1.82) is 0 Å². The van der Waals surface area contributed by atoms with E-state index in [0.717, 1.165) is 6.42 Å². The largest absolute Gasteiger partial charge is 0.368 e. The number of nitrogens with one attached hydrogen (secondary N) is 1. The lowest BCUT2D eigenvalue weighted by Gasteiger charge is -2.15. The van der Waals surface area contributed by atoms with Gasteiger partial charge in [-0.3, -0.25) is 4.79 Å². The van der Waals surface area contributed by atoms with Gasteiger partial charge in [-0.05, 0) is 54.8 Å². The molecule has 1 saturated heterocycles. The summed E-state index contributed by atoms with van der Waals surface area (Å²) in [6, 6.07) is 4.48. The second-order valence-electron chi connectivity index (χ2n) is 6.28. The van der Waals surface area contributed by atoms with Gasteiger partial charge in [0.15, 0.2) is 5.82 Å². The van der Waals surface area contributed by atoms with Crippen molar-refractivity contribution in [1.82, 2.24) is 20.2 Å².